The van der Waals surface area contributed by atoms with Gasteiger partial charge in [0.05, 0.1) is 15.2 Å². The van der Waals surface area contributed by atoms with Crippen molar-refractivity contribution < 1.29 is 14.7 Å². The van der Waals surface area contributed by atoms with Crippen molar-refractivity contribution in [1.29, 1.82) is 0 Å². The van der Waals surface area contributed by atoms with Crippen LogP contribution in [-0.4, -0.2) is 35.2 Å². The lowest BCUT2D eigenvalue weighted by molar-refractivity contribution is -0.139. The molecule has 0 spiro atoms. The van der Waals surface area contributed by atoms with Crippen molar-refractivity contribution >= 4 is 57.0 Å². The third-order valence-electron chi connectivity index (χ3n) is 2.41. The number of carboxylic acids is 1. The molecule has 3 N–H and O–H groups in total. The molecule has 1 aromatic rings. The third kappa shape index (κ3) is 5.22. The Bertz CT molecular complexity index is 502. The summed E-state index contributed by atoms with van der Waals surface area (Å²) in [6.45, 7) is 0. The lowest BCUT2D eigenvalue weighted by Crippen LogP contribution is -2.43. The lowest BCUT2D eigenvalue weighted by Gasteiger charge is -2.15. The number of aliphatic carboxylic acids is 1. The summed E-state index contributed by atoms with van der Waals surface area (Å²) in [6.07, 6.45) is 2.24. The summed E-state index contributed by atoms with van der Waals surface area (Å²) in [5, 5.41) is 14.5. The molecular weight excluding hydrogens is 368 g/mol. The number of anilines is 1. The third-order valence-corrected chi connectivity index (χ3v) is 4.46. The van der Waals surface area contributed by atoms with E-state index in [9.17, 15) is 9.59 Å². The molecule has 0 heterocycles. The Labute approximate surface area is 134 Å². The number of hydrogen-bond acceptors (Lipinski definition) is 3. The number of urea groups is 1. The van der Waals surface area contributed by atoms with Gasteiger partial charge in [0, 0.05) is 0 Å². The molecule has 0 saturated carbocycles. The number of carbonyl (C=O) groups is 2. The van der Waals surface area contributed by atoms with E-state index in [-0.39, 0.29) is 0 Å². The van der Waals surface area contributed by atoms with Crippen LogP contribution in [0.3, 0.4) is 0 Å². The van der Waals surface area contributed by atoms with E-state index in [1.54, 1.807) is 18.2 Å². The fourth-order valence-electron chi connectivity index (χ4n) is 1.41. The molecule has 0 saturated heterocycles. The van der Waals surface area contributed by atoms with Gasteiger partial charge >= 0.3 is 12.0 Å². The Kier molecular flexibility index (Phi) is 7.18. The normalized spacial score (nSPS) is 11.8. The van der Waals surface area contributed by atoms with Gasteiger partial charge in [-0.15, -0.1) is 0 Å². The number of halogens is 2. The van der Waals surface area contributed by atoms with Crippen LogP contribution < -0.4 is 10.6 Å². The highest BCUT2D eigenvalue weighted by atomic mass is 79.9. The number of rotatable bonds is 6. The summed E-state index contributed by atoms with van der Waals surface area (Å²) in [7, 11) is 0. The maximum atomic E-state index is 11.8. The number of carbonyl (C=O) groups excluding carboxylic acids is 1. The van der Waals surface area contributed by atoms with Crippen LogP contribution in [0, 0.1) is 0 Å². The molecular formula is C12H14BrClN2O3S. The Morgan fingerprint density at radius 1 is 1.50 bits per heavy atom. The van der Waals surface area contributed by atoms with Crippen LogP contribution in [-0.2, 0) is 4.79 Å². The van der Waals surface area contributed by atoms with Crippen LogP contribution in [0.25, 0.3) is 0 Å². The van der Waals surface area contributed by atoms with Gasteiger partial charge in [-0.2, -0.15) is 11.8 Å². The van der Waals surface area contributed by atoms with Gasteiger partial charge < -0.3 is 15.7 Å². The Hall–Kier alpha value is -0.920. The Morgan fingerprint density at radius 2 is 2.20 bits per heavy atom. The average molecular weight is 382 g/mol. The minimum absolute atomic E-state index is 0.362. The molecule has 20 heavy (non-hydrogen) atoms. The standard InChI is InChI=1S/C12H14BrClN2O3S/c1-20-6-5-9(11(17)18)16-12(19)15-8-4-2-3-7(14)10(8)13/h2-4,9H,5-6H2,1H3,(H,17,18)(H2,15,16,19)/t9-/m0/s1. The van der Waals surface area contributed by atoms with Gasteiger partial charge in [0.25, 0.3) is 0 Å². The summed E-state index contributed by atoms with van der Waals surface area (Å²) < 4.78 is 0.549. The molecule has 0 radical (unpaired) electrons. The van der Waals surface area contributed by atoms with Crippen LogP contribution >= 0.6 is 39.3 Å². The zero-order chi connectivity index (χ0) is 15.1. The Balaban J connectivity index is 2.66. The van der Waals surface area contributed by atoms with Crippen molar-refractivity contribution in [1.82, 2.24) is 5.32 Å². The molecule has 1 atom stereocenters. The molecule has 0 unspecified atom stereocenters. The van der Waals surface area contributed by atoms with Crippen molar-refractivity contribution in [3.63, 3.8) is 0 Å². The van der Waals surface area contributed by atoms with Crippen LogP contribution in [0.4, 0.5) is 10.5 Å². The Morgan fingerprint density at radius 3 is 2.80 bits per heavy atom. The highest BCUT2D eigenvalue weighted by Crippen LogP contribution is 2.29. The number of carboxylic acid groups (broad SMARTS) is 1. The maximum absolute atomic E-state index is 11.8. The second-order valence-corrected chi connectivity index (χ2v) is 6.06. The SMILES string of the molecule is CSCC[C@H](NC(=O)Nc1cccc(Cl)c1Br)C(=O)O. The first-order valence-corrected chi connectivity index (χ1v) is 8.25. The smallest absolute Gasteiger partial charge is 0.326 e. The lowest BCUT2D eigenvalue weighted by atomic mass is 10.2. The van der Waals surface area contributed by atoms with Crippen molar-refractivity contribution in [2.45, 2.75) is 12.5 Å². The van der Waals surface area contributed by atoms with Crippen LogP contribution in [0.15, 0.2) is 22.7 Å². The average Bonchev–Trinajstić information content (AvgIpc) is 2.39. The summed E-state index contributed by atoms with van der Waals surface area (Å²) in [4.78, 5) is 22.8. The first-order valence-electron chi connectivity index (χ1n) is 5.69. The number of thioether (sulfide) groups is 1. The van der Waals surface area contributed by atoms with Gasteiger partial charge in [-0.05, 0) is 46.5 Å². The second-order valence-electron chi connectivity index (χ2n) is 3.87. The monoisotopic (exact) mass is 380 g/mol. The molecule has 1 aromatic carbocycles. The fourth-order valence-corrected chi connectivity index (χ4v) is 2.42. The summed E-state index contributed by atoms with van der Waals surface area (Å²) in [5.74, 6) is -0.405. The zero-order valence-corrected chi connectivity index (χ0v) is 13.8. The second kappa shape index (κ2) is 8.39. The van der Waals surface area contributed by atoms with Gasteiger partial charge in [-0.1, -0.05) is 17.7 Å². The van der Waals surface area contributed by atoms with Gasteiger partial charge in [0.2, 0.25) is 0 Å². The van der Waals surface area contributed by atoms with Crippen molar-refractivity contribution in [2.75, 3.05) is 17.3 Å². The molecule has 5 nitrogen and oxygen atoms in total. The minimum Gasteiger partial charge on any atom is -0.480 e. The van der Waals surface area contributed by atoms with E-state index in [1.165, 1.54) is 11.8 Å². The largest absolute Gasteiger partial charge is 0.480 e. The summed E-state index contributed by atoms with van der Waals surface area (Å²) in [5.41, 5.74) is 0.476. The van der Waals surface area contributed by atoms with Crippen LogP contribution in [0.2, 0.25) is 5.02 Å². The van der Waals surface area contributed by atoms with Crippen LogP contribution in [0.1, 0.15) is 6.42 Å². The van der Waals surface area contributed by atoms with Crippen molar-refractivity contribution in [2.24, 2.45) is 0 Å². The molecule has 0 fully saturated rings. The summed E-state index contributed by atoms with van der Waals surface area (Å²) in [6, 6.07) is 3.52. The fraction of sp³-hybridized carbons (Fsp3) is 0.333. The van der Waals surface area contributed by atoms with E-state index in [0.717, 1.165) is 0 Å². The van der Waals surface area contributed by atoms with Gasteiger partial charge in [-0.25, -0.2) is 9.59 Å². The van der Waals surface area contributed by atoms with E-state index in [0.29, 0.717) is 27.4 Å². The molecule has 0 bridgehead atoms. The highest BCUT2D eigenvalue weighted by molar-refractivity contribution is 9.10. The predicted molar refractivity (Wildman–Crippen MR) is 85.7 cm³/mol. The predicted octanol–water partition coefficient (Wildman–Crippen LogP) is 3.43. The first kappa shape index (κ1) is 17.1. The highest BCUT2D eigenvalue weighted by Gasteiger charge is 2.19. The van der Waals surface area contributed by atoms with E-state index < -0.39 is 18.0 Å². The molecule has 8 heteroatoms. The molecule has 1 rings (SSSR count). The molecule has 0 aromatic heterocycles. The van der Waals surface area contributed by atoms with E-state index >= 15 is 0 Å². The van der Waals surface area contributed by atoms with Crippen molar-refractivity contribution in [3.8, 4) is 0 Å². The maximum Gasteiger partial charge on any atom is 0.326 e. The molecule has 0 aliphatic carbocycles. The molecule has 0 aliphatic heterocycles. The van der Waals surface area contributed by atoms with E-state index in [4.69, 9.17) is 16.7 Å². The van der Waals surface area contributed by atoms with Gasteiger partial charge in [-0.3, -0.25) is 0 Å². The number of hydrogen-bond donors (Lipinski definition) is 3. The quantitative estimate of drug-likeness (QED) is 0.705. The van der Waals surface area contributed by atoms with E-state index in [1.807, 2.05) is 6.26 Å². The topological polar surface area (TPSA) is 78.4 Å². The minimum atomic E-state index is -1.06. The number of benzene rings is 1. The molecule has 2 amide bonds. The van der Waals surface area contributed by atoms with Gasteiger partial charge in [0.1, 0.15) is 6.04 Å². The molecule has 0 aliphatic rings. The number of nitrogens with one attached hydrogen (secondary N) is 2. The van der Waals surface area contributed by atoms with Gasteiger partial charge in [0.15, 0.2) is 0 Å². The van der Waals surface area contributed by atoms with Crippen molar-refractivity contribution in [3.05, 3.63) is 27.7 Å². The number of amides is 2. The zero-order valence-electron chi connectivity index (χ0n) is 10.7. The van der Waals surface area contributed by atoms with E-state index in [2.05, 4.69) is 26.6 Å². The summed E-state index contributed by atoms with van der Waals surface area (Å²) >= 11 is 10.7. The van der Waals surface area contributed by atoms with Crippen LogP contribution in [0.5, 0.6) is 0 Å². The molecule has 110 valence electrons. The first-order chi connectivity index (χ1) is 9.45.